The molecular formula is C12H14Br2N2O. The monoisotopic (exact) mass is 360 g/mol. The topological polar surface area (TPSA) is 33.2 Å². The van der Waals surface area contributed by atoms with Gasteiger partial charge in [0.15, 0.2) is 0 Å². The molecule has 5 heteroatoms. The quantitative estimate of drug-likeness (QED) is 0.775. The van der Waals surface area contributed by atoms with Gasteiger partial charge < -0.3 is 4.90 Å². The molecule has 0 radical (unpaired) electrons. The summed E-state index contributed by atoms with van der Waals surface area (Å²) in [4.78, 5) is 18.5. The van der Waals surface area contributed by atoms with Crippen LogP contribution in [0.4, 0.5) is 0 Å². The molecule has 0 spiro atoms. The van der Waals surface area contributed by atoms with E-state index in [4.69, 9.17) is 0 Å². The van der Waals surface area contributed by atoms with Crippen molar-refractivity contribution in [3.63, 3.8) is 0 Å². The van der Waals surface area contributed by atoms with Crippen LogP contribution in [0.3, 0.4) is 0 Å². The number of nitrogens with zero attached hydrogens (tertiary/aromatic N) is 2. The zero-order valence-electron chi connectivity index (χ0n) is 9.57. The van der Waals surface area contributed by atoms with Crippen molar-refractivity contribution in [1.29, 1.82) is 0 Å². The Morgan fingerprint density at radius 2 is 2.24 bits per heavy atom. The summed E-state index contributed by atoms with van der Waals surface area (Å²) >= 11 is 6.89. The molecule has 1 fully saturated rings. The maximum Gasteiger partial charge on any atom is 0.255 e. The SMILES string of the molecule is CN(CC1CC(Br)C1)C(=O)c1cncc(Br)c1. The van der Waals surface area contributed by atoms with Crippen LogP contribution in [0.1, 0.15) is 23.2 Å². The first-order chi connectivity index (χ1) is 8.06. The molecule has 2 rings (SSSR count). The van der Waals surface area contributed by atoms with Crippen LogP contribution in [0.5, 0.6) is 0 Å². The van der Waals surface area contributed by atoms with Gasteiger partial charge in [-0.2, -0.15) is 0 Å². The smallest absolute Gasteiger partial charge is 0.255 e. The fourth-order valence-corrected chi connectivity index (χ4v) is 3.45. The molecule has 1 aromatic rings. The predicted molar refractivity (Wildman–Crippen MR) is 74.3 cm³/mol. The van der Waals surface area contributed by atoms with Gasteiger partial charge in [-0.3, -0.25) is 9.78 Å². The lowest BCUT2D eigenvalue weighted by atomic mass is 9.85. The fraction of sp³-hybridized carbons (Fsp3) is 0.500. The molecule has 1 amide bonds. The molecule has 0 aromatic carbocycles. The Morgan fingerprint density at radius 1 is 1.53 bits per heavy atom. The number of alkyl halides is 1. The Balaban J connectivity index is 1.95. The highest BCUT2D eigenvalue weighted by Crippen LogP contribution is 2.33. The van der Waals surface area contributed by atoms with E-state index in [0.29, 0.717) is 16.3 Å². The number of hydrogen-bond acceptors (Lipinski definition) is 2. The predicted octanol–water partition coefficient (Wildman–Crippen LogP) is 3.09. The van der Waals surface area contributed by atoms with Gasteiger partial charge in [0.25, 0.3) is 5.91 Å². The third kappa shape index (κ3) is 3.28. The Bertz CT molecular complexity index is 419. The molecule has 1 saturated carbocycles. The van der Waals surface area contributed by atoms with Gasteiger partial charge in [0.05, 0.1) is 5.56 Å². The number of pyridine rings is 1. The second kappa shape index (κ2) is 5.48. The van der Waals surface area contributed by atoms with Gasteiger partial charge in [-0.25, -0.2) is 0 Å². The van der Waals surface area contributed by atoms with Gasteiger partial charge >= 0.3 is 0 Å². The number of carbonyl (C=O) groups is 1. The van der Waals surface area contributed by atoms with E-state index in [-0.39, 0.29) is 5.91 Å². The Morgan fingerprint density at radius 3 is 2.82 bits per heavy atom. The number of carbonyl (C=O) groups excluding carboxylic acids is 1. The molecular weight excluding hydrogens is 348 g/mol. The molecule has 0 bridgehead atoms. The summed E-state index contributed by atoms with van der Waals surface area (Å²) in [7, 11) is 1.85. The van der Waals surface area contributed by atoms with Crippen molar-refractivity contribution < 1.29 is 4.79 Å². The van der Waals surface area contributed by atoms with Crippen LogP contribution in [0, 0.1) is 5.92 Å². The van der Waals surface area contributed by atoms with Gasteiger partial charge in [-0.05, 0) is 40.8 Å². The van der Waals surface area contributed by atoms with E-state index in [0.717, 1.165) is 23.9 Å². The molecule has 3 nitrogen and oxygen atoms in total. The van der Waals surface area contributed by atoms with Gasteiger partial charge in [-0.1, -0.05) is 15.9 Å². The maximum atomic E-state index is 12.1. The van der Waals surface area contributed by atoms with Gasteiger partial charge in [0.1, 0.15) is 0 Å². The average Bonchev–Trinajstić information content (AvgIpc) is 2.26. The van der Waals surface area contributed by atoms with E-state index >= 15 is 0 Å². The van der Waals surface area contributed by atoms with Crippen LogP contribution < -0.4 is 0 Å². The summed E-state index contributed by atoms with van der Waals surface area (Å²) in [5.74, 6) is 0.672. The fourth-order valence-electron chi connectivity index (χ4n) is 2.02. The number of aromatic nitrogens is 1. The lowest BCUT2D eigenvalue weighted by Crippen LogP contribution is -2.37. The van der Waals surface area contributed by atoms with E-state index in [9.17, 15) is 4.79 Å². The standard InChI is InChI=1S/C12H14Br2N2O/c1-16(7-8-2-10(13)3-8)12(17)9-4-11(14)6-15-5-9/h4-6,8,10H,2-3,7H2,1H3. The summed E-state index contributed by atoms with van der Waals surface area (Å²) < 4.78 is 0.834. The minimum Gasteiger partial charge on any atom is -0.341 e. The molecule has 1 heterocycles. The summed E-state index contributed by atoms with van der Waals surface area (Å²) in [6.45, 7) is 0.827. The lowest BCUT2D eigenvalue weighted by molar-refractivity contribution is 0.0748. The second-order valence-corrected chi connectivity index (χ2v) is 6.72. The molecule has 17 heavy (non-hydrogen) atoms. The van der Waals surface area contributed by atoms with Crippen LogP contribution >= 0.6 is 31.9 Å². The number of hydrogen-bond donors (Lipinski definition) is 0. The molecule has 92 valence electrons. The zero-order chi connectivity index (χ0) is 12.4. The number of rotatable bonds is 3. The van der Waals surface area contributed by atoms with E-state index in [2.05, 4.69) is 36.8 Å². The summed E-state index contributed by atoms with van der Waals surface area (Å²) in [5, 5.41) is 0. The average molecular weight is 362 g/mol. The number of amides is 1. The normalized spacial score (nSPS) is 23.0. The van der Waals surface area contributed by atoms with Gasteiger partial charge in [-0.15, -0.1) is 0 Å². The minimum absolute atomic E-state index is 0.0387. The van der Waals surface area contributed by atoms with Crippen molar-refractivity contribution in [1.82, 2.24) is 9.88 Å². The van der Waals surface area contributed by atoms with Crippen molar-refractivity contribution in [3.05, 3.63) is 28.5 Å². The highest BCUT2D eigenvalue weighted by Gasteiger charge is 2.28. The molecule has 0 aliphatic heterocycles. The lowest BCUT2D eigenvalue weighted by Gasteiger charge is -2.34. The van der Waals surface area contributed by atoms with Crippen molar-refractivity contribution in [2.45, 2.75) is 17.7 Å². The highest BCUT2D eigenvalue weighted by atomic mass is 79.9. The van der Waals surface area contributed by atoms with Gasteiger partial charge in [0.2, 0.25) is 0 Å². The van der Waals surface area contributed by atoms with Crippen molar-refractivity contribution in [2.75, 3.05) is 13.6 Å². The largest absolute Gasteiger partial charge is 0.341 e. The maximum absolute atomic E-state index is 12.1. The molecule has 0 unspecified atom stereocenters. The minimum atomic E-state index is 0.0387. The molecule has 1 aromatic heterocycles. The zero-order valence-corrected chi connectivity index (χ0v) is 12.7. The van der Waals surface area contributed by atoms with Crippen LogP contribution in [0.15, 0.2) is 22.9 Å². The first-order valence-electron chi connectivity index (χ1n) is 5.56. The molecule has 0 atom stereocenters. The summed E-state index contributed by atoms with van der Waals surface area (Å²) in [6, 6.07) is 1.81. The van der Waals surface area contributed by atoms with Crippen LogP contribution in [-0.4, -0.2) is 34.2 Å². The molecule has 1 aliphatic carbocycles. The van der Waals surface area contributed by atoms with E-state index in [1.807, 2.05) is 7.05 Å². The van der Waals surface area contributed by atoms with E-state index in [1.54, 1.807) is 23.4 Å². The third-order valence-electron chi connectivity index (χ3n) is 3.01. The van der Waals surface area contributed by atoms with Crippen LogP contribution in [0.25, 0.3) is 0 Å². The van der Waals surface area contributed by atoms with Crippen molar-refractivity contribution in [3.8, 4) is 0 Å². The Hall–Kier alpha value is -0.420. The summed E-state index contributed by atoms with van der Waals surface area (Å²) in [5.41, 5.74) is 0.636. The first kappa shape index (κ1) is 13.0. The molecule has 0 saturated heterocycles. The number of halogens is 2. The van der Waals surface area contributed by atoms with E-state index in [1.165, 1.54) is 0 Å². The van der Waals surface area contributed by atoms with Gasteiger partial charge in [0, 0.05) is 35.3 Å². The first-order valence-corrected chi connectivity index (χ1v) is 7.27. The third-order valence-corrected chi connectivity index (χ3v) is 4.19. The molecule has 1 aliphatic rings. The Kier molecular flexibility index (Phi) is 4.20. The van der Waals surface area contributed by atoms with Crippen LogP contribution in [0.2, 0.25) is 0 Å². The Labute approximate surface area is 118 Å². The van der Waals surface area contributed by atoms with E-state index < -0.39 is 0 Å². The highest BCUT2D eigenvalue weighted by molar-refractivity contribution is 9.10. The van der Waals surface area contributed by atoms with Crippen molar-refractivity contribution in [2.24, 2.45) is 5.92 Å². The molecule has 0 N–H and O–H groups in total. The summed E-state index contributed by atoms with van der Waals surface area (Å²) in [6.07, 6.45) is 5.61. The van der Waals surface area contributed by atoms with Crippen molar-refractivity contribution >= 4 is 37.8 Å². The van der Waals surface area contributed by atoms with Crippen LogP contribution in [-0.2, 0) is 0 Å². The second-order valence-electron chi connectivity index (χ2n) is 4.51.